The molecule has 0 radical (unpaired) electrons. The van der Waals surface area contributed by atoms with E-state index in [1.807, 2.05) is 6.07 Å². The minimum atomic E-state index is -0.692. The number of esters is 2. The summed E-state index contributed by atoms with van der Waals surface area (Å²) in [6.45, 7) is 2.90. The Hall–Kier alpha value is -3.38. The maximum atomic E-state index is 12.0. The highest BCUT2D eigenvalue weighted by Crippen LogP contribution is 2.31. The molecular formula is C20H20N2O6S. The Morgan fingerprint density at radius 1 is 1.14 bits per heavy atom. The van der Waals surface area contributed by atoms with Crippen molar-refractivity contribution in [1.29, 1.82) is 5.26 Å². The Labute approximate surface area is 171 Å². The number of ether oxygens (including phenoxy) is 3. The number of carbonyl (C=O) groups is 3. The van der Waals surface area contributed by atoms with Gasteiger partial charge in [-0.1, -0.05) is 6.92 Å². The van der Waals surface area contributed by atoms with Gasteiger partial charge in [0, 0.05) is 17.5 Å². The molecule has 0 saturated heterocycles. The summed E-state index contributed by atoms with van der Waals surface area (Å²) in [6, 6.07) is 8.31. The van der Waals surface area contributed by atoms with Gasteiger partial charge < -0.3 is 19.9 Å². The van der Waals surface area contributed by atoms with E-state index in [0.717, 1.165) is 11.3 Å². The summed E-state index contributed by atoms with van der Waals surface area (Å²) < 4.78 is 15.4. The molecule has 1 aromatic carbocycles. The Bertz CT molecular complexity index is 943. The van der Waals surface area contributed by atoms with Crippen LogP contribution in [0.3, 0.4) is 0 Å². The molecular weight excluding hydrogens is 396 g/mol. The molecule has 1 heterocycles. The SMILES string of the molecule is CCOC(=O)c1sc(N)c(C#N)c1COC(=O)COc1ccc(C(=O)CC)cc1. The summed E-state index contributed by atoms with van der Waals surface area (Å²) in [5.74, 6) is -0.909. The van der Waals surface area contributed by atoms with E-state index in [1.54, 1.807) is 38.1 Å². The van der Waals surface area contributed by atoms with Crippen LogP contribution < -0.4 is 10.5 Å². The quantitative estimate of drug-likeness (QED) is 0.488. The predicted molar refractivity (Wildman–Crippen MR) is 106 cm³/mol. The number of hydrogen-bond donors (Lipinski definition) is 1. The van der Waals surface area contributed by atoms with E-state index < -0.39 is 11.9 Å². The summed E-state index contributed by atoms with van der Waals surface area (Å²) in [4.78, 5) is 35.8. The lowest BCUT2D eigenvalue weighted by atomic mass is 10.1. The van der Waals surface area contributed by atoms with Gasteiger partial charge in [-0.15, -0.1) is 11.3 Å². The molecule has 0 atom stereocenters. The van der Waals surface area contributed by atoms with Crippen LogP contribution in [0.5, 0.6) is 5.75 Å². The summed E-state index contributed by atoms with van der Waals surface area (Å²) in [5, 5.41) is 9.41. The molecule has 0 aliphatic rings. The number of anilines is 1. The number of Topliss-reactive ketones (excluding diaryl/α,β-unsaturated/α-hetero) is 1. The molecule has 0 saturated carbocycles. The fourth-order valence-corrected chi connectivity index (χ4v) is 3.30. The Balaban J connectivity index is 1.98. The largest absolute Gasteiger partial charge is 0.482 e. The van der Waals surface area contributed by atoms with Crippen molar-refractivity contribution in [3.63, 3.8) is 0 Å². The molecule has 29 heavy (non-hydrogen) atoms. The Morgan fingerprint density at radius 3 is 2.41 bits per heavy atom. The molecule has 2 N–H and O–H groups in total. The number of nitriles is 1. The average Bonchev–Trinajstić information content (AvgIpc) is 3.06. The second-order valence-electron chi connectivity index (χ2n) is 5.73. The number of hydrogen-bond acceptors (Lipinski definition) is 9. The topological polar surface area (TPSA) is 129 Å². The first-order chi connectivity index (χ1) is 13.9. The predicted octanol–water partition coefficient (Wildman–Crippen LogP) is 3.09. The maximum absolute atomic E-state index is 12.0. The van der Waals surface area contributed by atoms with Crippen molar-refractivity contribution in [1.82, 2.24) is 0 Å². The van der Waals surface area contributed by atoms with Crippen molar-refractivity contribution in [3.05, 3.63) is 45.8 Å². The number of thiophene rings is 1. The third-order valence-electron chi connectivity index (χ3n) is 3.84. The fourth-order valence-electron chi connectivity index (χ4n) is 2.38. The number of ketones is 1. The highest BCUT2D eigenvalue weighted by Gasteiger charge is 2.24. The zero-order valence-electron chi connectivity index (χ0n) is 16.0. The van der Waals surface area contributed by atoms with Gasteiger partial charge in [0.15, 0.2) is 12.4 Å². The highest BCUT2D eigenvalue weighted by atomic mass is 32.1. The molecule has 0 aliphatic carbocycles. The van der Waals surface area contributed by atoms with E-state index in [9.17, 15) is 19.6 Å². The smallest absolute Gasteiger partial charge is 0.348 e. The first-order valence-corrected chi connectivity index (χ1v) is 9.62. The van der Waals surface area contributed by atoms with Gasteiger partial charge in [-0.05, 0) is 31.2 Å². The highest BCUT2D eigenvalue weighted by molar-refractivity contribution is 7.18. The number of nitrogens with zero attached hydrogens (tertiary/aromatic N) is 1. The molecule has 9 heteroatoms. The Kier molecular flexibility index (Phi) is 7.74. The minimum Gasteiger partial charge on any atom is -0.482 e. The lowest BCUT2D eigenvalue weighted by molar-refractivity contribution is -0.147. The molecule has 8 nitrogen and oxygen atoms in total. The molecule has 1 aromatic heterocycles. The standard InChI is InChI=1S/C20H20N2O6S/c1-3-16(23)12-5-7-13(8-6-12)27-11-17(24)28-10-15-14(9-21)19(22)29-18(15)20(25)26-4-2/h5-8H,3-4,10-11,22H2,1-2H3. The van der Waals surface area contributed by atoms with Gasteiger partial charge in [0.25, 0.3) is 0 Å². The first-order valence-electron chi connectivity index (χ1n) is 8.81. The van der Waals surface area contributed by atoms with Crippen molar-refractivity contribution in [2.45, 2.75) is 26.9 Å². The third-order valence-corrected chi connectivity index (χ3v) is 4.88. The number of carbonyl (C=O) groups excluding carboxylic acids is 3. The summed E-state index contributed by atoms with van der Waals surface area (Å²) in [6.07, 6.45) is 0.401. The molecule has 0 fully saturated rings. The first kappa shape index (κ1) is 21.9. The van der Waals surface area contributed by atoms with E-state index in [4.69, 9.17) is 19.9 Å². The van der Waals surface area contributed by atoms with Crippen molar-refractivity contribution in [2.24, 2.45) is 0 Å². The molecule has 2 aromatic rings. The fraction of sp³-hybridized carbons (Fsp3) is 0.300. The van der Waals surface area contributed by atoms with Crippen molar-refractivity contribution in [3.8, 4) is 11.8 Å². The van der Waals surface area contributed by atoms with E-state index >= 15 is 0 Å². The normalized spacial score (nSPS) is 10.1. The molecule has 152 valence electrons. The van der Waals surface area contributed by atoms with E-state index in [0.29, 0.717) is 17.7 Å². The second-order valence-corrected chi connectivity index (χ2v) is 6.78. The average molecular weight is 416 g/mol. The lowest BCUT2D eigenvalue weighted by Gasteiger charge is -2.08. The molecule has 0 bridgehead atoms. The van der Waals surface area contributed by atoms with Crippen molar-refractivity contribution < 1.29 is 28.6 Å². The van der Waals surface area contributed by atoms with Gasteiger partial charge in [-0.25, -0.2) is 9.59 Å². The zero-order chi connectivity index (χ0) is 21.4. The van der Waals surface area contributed by atoms with Crippen LogP contribution in [0.4, 0.5) is 5.00 Å². The molecule has 0 spiro atoms. The number of nitrogens with two attached hydrogens (primary N) is 1. The van der Waals surface area contributed by atoms with Crippen LogP contribution in [0.15, 0.2) is 24.3 Å². The molecule has 0 amide bonds. The second kappa shape index (κ2) is 10.2. The van der Waals surface area contributed by atoms with Gasteiger partial charge in [0.05, 0.1) is 12.2 Å². The van der Waals surface area contributed by atoms with Crippen LogP contribution in [0, 0.1) is 11.3 Å². The van der Waals surface area contributed by atoms with E-state index in [1.165, 1.54) is 0 Å². The van der Waals surface area contributed by atoms with E-state index in [-0.39, 0.29) is 46.6 Å². The van der Waals surface area contributed by atoms with E-state index in [2.05, 4.69) is 0 Å². The van der Waals surface area contributed by atoms with Gasteiger partial charge in [-0.2, -0.15) is 5.26 Å². The van der Waals surface area contributed by atoms with Crippen molar-refractivity contribution in [2.75, 3.05) is 18.9 Å². The third kappa shape index (κ3) is 5.56. The maximum Gasteiger partial charge on any atom is 0.348 e. The van der Waals surface area contributed by atoms with Gasteiger partial charge in [0.2, 0.25) is 0 Å². The van der Waals surface area contributed by atoms with Crippen molar-refractivity contribution >= 4 is 34.1 Å². The molecule has 2 rings (SSSR count). The van der Waals surface area contributed by atoms with Crippen LogP contribution in [0.1, 0.15) is 51.4 Å². The number of rotatable bonds is 9. The summed E-state index contributed by atoms with van der Waals surface area (Å²) in [7, 11) is 0. The monoisotopic (exact) mass is 416 g/mol. The number of nitrogen functional groups attached to an aromatic ring is 1. The number of benzene rings is 1. The molecule has 0 aliphatic heterocycles. The zero-order valence-corrected chi connectivity index (χ0v) is 16.8. The van der Waals surface area contributed by atoms with Gasteiger partial charge in [0.1, 0.15) is 28.3 Å². The van der Waals surface area contributed by atoms with Crippen LogP contribution in [-0.4, -0.2) is 30.9 Å². The van der Waals surface area contributed by atoms with Crippen LogP contribution in [0.25, 0.3) is 0 Å². The van der Waals surface area contributed by atoms with Crippen LogP contribution in [-0.2, 0) is 20.9 Å². The Morgan fingerprint density at radius 2 is 1.83 bits per heavy atom. The molecule has 0 unspecified atom stereocenters. The minimum absolute atomic E-state index is 0.0108. The summed E-state index contributed by atoms with van der Waals surface area (Å²) >= 11 is 0.912. The van der Waals surface area contributed by atoms with Crippen LogP contribution >= 0.6 is 11.3 Å². The summed E-state index contributed by atoms with van der Waals surface area (Å²) in [5.41, 5.74) is 6.63. The lowest BCUT2D eigenvalue weighted by Crippen LogP contribution is -2.16. The van der Waals surface area contributed by atoms with Gasteiger partial charge in [-0.3, -0.25) is 4.79 Å². The van der Waals surface area contributed by atoms with Crippen LogP contribution in [0.2, 0.25) is 0 Å². The van der Waals surface area contributed by atoms with Gasteiger partial charge >= 0.3 is 11.9 Å².